The van der Waals surface area contributed by atoms with Crippen LogP contribution < -0.4 is 0 Å². The fourth-order valence-corrected chi connectivity index (χ4v) is 3.04. The summed E-state index contributed by atoms with van der Waals surface area (Å²) in [6.07, 6.45) is 3.39. The van der Waals surface area contributed by atoms with Crippen LogP contribution in [0.15, 0.2) is 73.2 Å². The molecule has 0 aliphatic heterocycles. The molecular weight excluding hydrogens is 298 g/mol. The number of fused-ring (bicyclic) bond motifs is 2. The molecule has 0 radical (unpaired) electrons. The van der Waals surface area contributed by atoms with Gasteiger partial charge in [-0.05, 0) is 41.1 Å². The van der Waals surface area contributed by atoms with Crippen LogP contribution in [0.4, 0.5) is 0 Å². The predicted octanol–water partition coefficient (Wildman–Crippen LogP) is 3.96. The van der Waals surface area contributed by atoms with Gasteiger partial charge < -0.3 is 0 Å². The molecule has 2 heterocycles. The van der Waals surface area contributed by atoms with Crippen molar-refractivity contribution in [2.75, 3.05) is 0 Å². The van der Waals surface area contributed by atoms with Crippen molar-refractivity contribution in [1.29, 1.82) is 0 Å². The standard InChI is InChI=1S/C19H13N5/c1-2-4-14-10-17(7-5-13(14)3-1)24-18-8-6-15(9-16(18)11-22-24)19-20-12-21-23-19/h1-12H,(H,20,21,23). The zero-order chi connectivity index (χ0) is 15.9. The topological polar surface area (TPSA) is 59.4 Å². The van der Waals surface area contributed by atoms with E-state index in [1.807, 2.05) is 16.9 Å². The molecule has 0 unspecified atom stereocenters. The van der Waals surface area contributed by atoms with Crippen molar-refractivity contribution in [3.8, 4) is 17.1 Å². The molecule has 0 bridgehead atoms. The van der Waals surface area contributed by atoms with Gasteiger partial charge in [-0.25, -0.2) is 9.67 Å². The van der Waals surface area contributed by atoms with E-state index >= 15 is 0 Å². The van der Waals surface area contributed by atoms with Gasteiger partial charge in [0.05, 0.1) is 17.4 Å². The number of nitrogens with one attached hydrogen (secondary N) is 1. The summed E-state index contributed by atoms with van der Waals surface area (Å²) in [5.74, 6) is 0.760. The molecule has 114 valence electrons. The summed E-state index contributed by atoms with van der Waals surface area (Å²) >= 11 is 0. The fourth-order valence-electron chi connectivity index (χ4n) is 3.04. The van der Waals surface area contributed by atoms with Gasteiger partial charge in [-0.3, -0.25) is 5.10 Å². The Morgan fingerprint density at radius 2 is 1.75 bits per heavy atom. The zero-order valence-corrected chi connectivity index (χ0v) is 12.7. The van der Waals surface area contributed by atoms with Gasteiger partial charge in [0.15, 0.2) is 5.82 Å². The van der Waals surface area contributed by atoms with Crippen LogP contribution in [0.1, 0.15) is 0 Å². The van der Waals surface area contributed by atoms with Crippen LogP contribution in [0.25, 0.3) is 38.8 Å². The van der Waals surface area contributed by atoms with Gasteiger partial charge in [0.2, 0.25) is 0 Å². The van der Waals surface area contributed by atoms with E-state index in [0.717, 1.165) is 28.0 Å². The van der Waals surface area contributed by atoms with Crippen molar-refractivity contribution >= 4 is 21.7 Å². The number of H-pyrrole nitrogens is 1. The lowest BCUT2D eigenvalue weighted by Gasteiger charge is -2.06. The third kappa shape index (κ3) is 1.99. The molecule has 5 nitrogen and oxygen atoms in total. The minimum absolute atomic E-state index is 0.760. The van der Waals surface area contributed by atoms with Crippen LogP contribution in [0, 0.1) is 0 Å². The molecule has 0 saturated heterocycles. The van der Waals surface area contributed by atoms with E-state index < -0.39 is 0 Å². The Kier molecular flexibility index (Phi) is 2.72. The van der Waals surface area contributed by atoms with Gasteiger partial charge >= 0.3 is 0 Å². The van der Waals surface area contributed by atoms with Crippen LogP contribution in [0.2, 0.25) is 0 Å². The molecule has 0 aliphatic carbocycles. The minimum Gasteiger partial charge on any atom is -0.259 e. The van der Waals surface area contributed by atoms with Crippen LogP contribution in [0.3, 0.4) is 0 Å². The van der Waals surface area contributed by atoms with Crippen molar-refractivity contribution in [3.63, 3.8) is 0 Å². The lowest BCUT2D eigenvalue weighted by atomic mass is 10.1. The lowest BCUT2D eigenvalue weighted by Crippen LogP contribution is -1.95. The molecular formula is C19H13N5. The summed E-state index contributed by atoms with van der Waals surface area (Å²) in [5.41, 5.74) is 3.11. The first-order chi connectivity index (χ1) is 11.9. The predicted molar refractivity (Wildman–Crippen MR) is 94.0 cm³/mol. The zero-order valence-electron chi connectivity index (χ0n) is 12.7. The quantitative estimate of drug-likeness (QED) is 0.537. The van der Waals surface area contributed by atoms with Gasteiger partial charge in [-0.15, -0.1) is 0 Å². The lowest BCUT2D eigenvalue weighted by molar-refractivity contribution is 0.912. The number of aromatic amines is 1. The first-order valence-electron chi connectivity index (χ1n) is 7.71. The first kappa shape index (κ1) is 13.0. The molecule has 3 aromatic carbocycles. The number of hydrogen-bond acceptors (Lipinski definition) is 3. The van der Waals surface area contributed by atoms with E-state index in [4.69, 9.17) is 0 Å². The molecule has 0 atom stereocenters. The van der Waals surface area contributed by atoms with Gasteiger partial charge in [0, 0.05) is 10.9 Å². The second kappa shape index (κ2) is 5.03. The first-order valence-corrected chi connectivity index (χ1v) is 7.71. The molecule has 0 fully saturated rings. The Morgan fingerprint density at radius 1 is 0.833 bits per heavy atom. The average molecular weight is 311 g/mol. The third-order valence-electron chi connectivity index (χ3n) is 4.23. The van der Waals surface area contributed by atoms with E-state index in [-0.39, 0.29) is 0 Å². The maximum Gasteiger partial charge on any atom is 0.155 e. The van der Waals surface area contributed by atoms with Crippen molar-refractivity contribution in [2.24, 2.45) is 0 Å². The van der Waals surface area contributed by atoms with Crippen molar-refractivity contribution in [2.45, 2.75) is 0 Å². The number of aromatic nitrogens is 5. The van der Waals surface area contributed by atoms with E-state index in [1.54, 1.807) is 0 Å². The average Bonchev–Trinajstić information content (AvgIpc) is 3.30. The third-order valence-corrected chi connectivity index (χ3v) is 4.23. The molecule has 2 aromatic heterocycles. The largest absolute Gasteiger partial charge is 0.259 e. The smallest absolute Gasteiger partial charge is 0.155 e. The molecule has 1 N–H and O–H groups in total. The minimum atomic E-state index is 0.760. The van der Waals surface area contributed by atoms with Gasteiger partial charge in [0.1, 0.15) is 6.33 Å². The molecule has 0 saturated carbocycles. The summed E-state index contributed by atoms with van der Waals surface area (Å²) in [6, 6.07) is 20.9. The maximum absolute atomic E-state index is 4.57. The fraction of sp³-hybridized carbons (Fsp3) is 0. The molecule has 0 spiro atoms. The molecule has 0 amide bonds. The normalized spacial score (nSPS) is 11.3. The Balaban J connectivity index is 1.66. The highest BCUT2D eigenvalue weighted by Crippen LogP contribution is 2.25. The second-order valence-electron chi connectivity index (χ2n) is 5.70. The van der Waals surface area contributed by atoms with Crippen molar-refractivity contribution in [1.82, 2.24) is 25.0 Å². The number of nitrogens with zero attached hydrogens (tertiary/aromatic N) is 4. The van der Waals surface area contributed by atoms with Crippen molar-refractivity contribution in [3.05, 3.63) is 73.2 Å². The summed E-state index contributed by atoms with van der Waals surface area (Å²) in [7, 11) is 0. The van der Waals surface area contributed by atoms with Gasteiger partial charge in [0.25, 0.3) is 0 Å². The Morgan fingerprint density at radius 3 is 2.62 bits per heavy atom. The van der Waals surface area contributed by atoms with E-state index in [1.165, 1.54) is 17.1 Å². The second-order valence-corrected chi connectivity index (χ2v) is 5.70. The number of hydrogen-bond donors (Lipinski definition) is 1. The van der Waals surface area contributed by atoms with Crippen molar-refractivity contribution < 1.29 is 0 Å². The van der Waals surface area contributed by atoms with E-state index in [0.29, 0.717) is 0 Å². The molecule has 0 aliphatic rings. The number of rotatable bonds is 2. The van der Waals surface area contributed by atoms with Crippen LogP contribution in [-0.4, -0.2) is 25.0 Å². The monoisotopic (exact) mass is 311 g/mol. The van der Waals surface area contributed by atoms with E-state index in [2.05, 4.69) is 74.9 Å². The summed E-state index contributed by atoms with van der Waals surface area (Å²) in [5, 5.41) is 14.9. The highest BCUT2D eigenvalue weighted by molar-refractivity contribution is 5.87. The van der Waals surface area contributed by atoms with Gasteiger partial charge in [-0.2, -0.15) is 10.2 Å². The molecule has 5 rings (SSSR count). The highest BCUT2D eigenvalue weighted by atomic mass is 15.3. The molecule has 5 aromatic rings. The maximum atomic E-state index is 4.57. The summed E-state index contributed by atoms with van der Waals surface area (Å²) < 4.78 is 1.96. The molecule has 5 heteroatoms. The van der Waals surface area contributed by atoms with Gasteiger partial charge in [-0.1, -0.05) is 30.3 Å². The Hall–Kier alpha value is -3.47. The van der Waals surface area contributed by atoms with Crippen LogP contribution in [-0.2, 0) is 0 Å². The van der Waals surface area contributed by atoms with Crippen LogP contribution in [0.5, 0.6) is 0 Å². The van der Waals surface area contributed by atoms with E-state index in [9.17, 15) is 0 Å². The Bertz CT molecular complexity index is 1160. The SMILES string of the molecule is c1ccc2cc(-n3ncc4cc(-c5ncn[nH]5)ccc43)ccc2c1. The highest BCUT2D eigenvalue weighted by Gasteiger charge is 2.08. The summed E-state index contributed by atoms with van der Waals surface area (Å²) in [6.45, 7) is 0. The Labute approximate surface area is 137 Å². The number of benzene rings is 3. The molecule has 24 heavy (non-hydrogen) atoms. The summed E-state index contributed by atoms with van der Waals surface area (Å²) in [4.78, 5) is 4.20. The van der Waals surface area contributed by atoms with Crippen LogP contribution >= 0.6 is 0 Å².